The molecule has 0 N–H and O–H groups in total. The Kier molecular flexibility index (Phi) is 4.95. The molecule has 0 aliphatic carbocycles. The number of hydrogen-bond donors (Lipinski definition) is 0. The molecule has 2 rings (SSSR count). The highest BCUT2D eigenvalue weighted by Crippen LogP contribution is 2.24. The zero-order chi connectivity index (χ0) is 14.4. The molecule has 0 saturated carbocycles. The van der Waals surface area contributed by atoms with Gasteiger partial charge in [-0.3, -0.25) is 0 Å². The van der Waals surface area contributed by atoms with Crippen LogP contribution in [-0.2, 0) is 0 Å². The second-order valence-electron chi connectivity index (χ2n) is 3.80. The first kappa shape index (κ1) is 14.3. The second kappa shape index (κ2) is 6.91. The number of rotatable bonds is 6. The van der Waals surface area contributed by atoms with Gasteiger partial charge in [-0.15, -0.1) is 4.98 Å². The predicted octanol–water partition coefficient (Wildman–Crippen LogP) is 3.11. The second-order valence-corrected chi connectivity index (χ2v) is 4.14. The minimum Gasteiger partial charge on any atom is -0.497 e. The Bertz CT molecular complexity index is 581. The van der Waals surface area contributed by atoms with Crippen molar-refractivity contribution in [3.63, 3.8) is 0 Å². The fraction of sp³-hybridized carbons (Fsp3) is 0.308. The van der Waals surface area contributed by atoms with Crippen molar-refractivity contribution in [2.75, 3.05) is 13.7 Å². The molecule has 6 nitrogen and oxygen atoms in total. The molecule has 0 unspecified atom stereocenters. The topological polar surface area (TPSA) is 66.4 Å². The van der Waals surface area contributed by atoms with Crippen LogP contribution in [0.25, 0.3) is 0 Å². The summed E-state index contributed by atoms with van der Waals surface area (Å²) in [6.07, 6.45) is 0.843. The Morgan fingerprint density at radius 2 is 1.85 bits per heavy atom. The Balaban J connectivity index is 2.17. The van der Waals surface area contributed by atoms with Crippen molar-refractivity contribution in [1.82, 2.24) is 15.0 Å². The van der Waals surface area contributed by atoms with E-state index in [1.807, 2.05) is 13.0 Å². The number of ether oxygens (including phenoxy) is 3. The summed E-state index contributed by atoms with van der Waals surface area (Å²) in [6.45, 7) is 2.48. The molecule has 0 spiro atoms. The van der Waals surface area contributed by atoms with Crippen molar-refractivity contribution in [3.8, 4) is 23.5 Å². The van der Waals surface area contributed by atoms with Gasteiger partial charge in [-0.1, -0.05) is 13.0 Å². The summed E-state index contributed by atoms with van der Waals surface area (Å²) in [6, 6.07) is 7.29. The summed E-state index contributed by atoms with van der Waals surface area (Å²) < 4.78 is 15.9. The molecule has 7 heteroatoms. The lowest BCUT2D eigenvalue weighted by Crippen LogP contribution is -2.03. The van der Waals surface area contributed by atoms with Crippen LogP contribution in [0.2, 0.25) is 5.28 Å². The number of methoxy groups -OCH3 is 1. The zero-order valence-electron chi connectivity index (χ0n) is 11.2. The molecule has 0 bridgehead atoms. The fourth-order valence-electron chi connectivity index (χ4n) is 1.39. The first-order valence-corrected chi connectivity index (χ1v) is 6.45. The summed E-state index contributed by atoms with van der Waals surface area (Å²) in [5, 5.41) is 0.0176. The first-order valence-electron chi connectivity index (χ1n) is 6.07. The van der Waals surface area contributed by atoms with Crippen LogP contribution < -0.4 is 14.2 Å². The van der Waals surface area contributed by atoms with Crippen LogP contribution in [0.4, 0.5) is 0 Å². The highest BCUT2D eigenvalue weighted by Gasteiger charge is 2.08. The number of hydrogen-bond acceptors (Lipinski definition) is 6. The first-order chi connectivity index (χ1) is 9.71. The van der Waals surface area contributed by atoms with Crippen LogP contribution in [0.3, 0.4) is 0 Å². The smallest absolute Gasteiger partial charge is 0.329 e. The van der Waals surface area contributed by atoms with Crippen molar-refractivity contribution >= 4 is 11.6 Å². The van der Waals surface area contributed by atoms with E-state index in [4.69, 9.17) is 25.8 Å². The fourth-order valence-corrected chi connectivity index (χ4v) is 1.53. The van der Waals surface area contributed by atoms with E-state index in [1.54, 1.807) is 25.3 Å². The van der Waals surface area contributed by atoms with Gasteiger partial charge < -0.3 is 14.2 Å². The van der Waals surface area contributed by atoms with Gasteiger partial charge in [-0.05, 0) is 30.2 Å². The highest BCUT2D eigenvalue weighted by molar-refractivity contribution is 6.28. The summed E-state index contributed by atoms with van der Waals surface area (Å²) in [5.74, 6) is 1.21. The Hall–Kier alpha value is -2.08. The predicted molar refractivity (Wildman–Crippen MR) is 73.7 cm³/mol. The highest BCUT2D eigenvalue weighted by atomic mass is 35.5. The van der Waals surface area contributed by atoms with E-state index in [0.717, 1.165) is 6.42 Å². The summed E-state index contributed by atoms with van der Waals surface area (Å²) >= 11 is 5.81. The molecule has 20 heavy (non-hydrogen) atoms. The monoisotopic (exact) mass is 295 g/mol. The minimum absolute atomic E-state index is 0.0176. The molecule has 0 aliphatic rings. The van der Waals surface area contributed by atoms with E-state index in [9.17, 15) is 0 Å². The van der Waals surface area contributed by atoms with Crippen LogP contribution in [0.1, 0.15) is 13.3 Å². The molecule has 1 aromatic heterocycles. The maximum atomic E-state index is 5.81. The van der Waals surface area contributed by atoms with Crippen molar-refractivity contribution in [2.24, 2.45) is 0 Å². The molecule has 2 aromatic rings. The third-order valence-corrected chi connectivity index (χ3v) is 2.42. The molecular formula is C13H14ClN3O3. The van der Waals surface area contributed by atoms with Gasteiger partial charge in [0.15, 0.2) is 0 Å². The zero-order valence-corrected chi connectivity index (χ0v) is 11.9. The Morgan fingerprint density at radius 1 is 1.10 bits per heavy atom. The molecule has 0 atom stereocenters. The molecule has 0 aliphatic heterocycles. The van der Waals surface area contributed by atoms with Gasteiger partial charge in [-0.2, -0.15) is 9.97 Å². The van der Waals surface area contributed by atoms with Crippen LogP contribution in [0, 0.1) is 0 Å². The number of nitrogens with zero attached hydrogens (tertiary/aromatic N) is 3. The molecule has 1 aromatic carbocycles. The Morgan fingerprint density at radius 3 is 2.60 bits per heavy atom. The van der Waals surface area contributed by atoms with E-state index < -0.39 is 0 Å². The van der Waals surface area contributed by atoms with Crippen LogP contribution in [0.15, 0.2) is 24.3 Å². The van der Waals surface area contributed by atoms with Gasteiger partial charge >= 0.3 is 12.0 Å². The molecule has 0 amide bonds. The van der Waals surface area contributed by atoms with Gasteiger partial charge in [0.2, 0.25) is 5.28 Å². The number of benzene rings is 1. The number of halogens is 1. The average Bonchev–Trinajstić information content (AvgIpc) is 2.44. The van der Waals surface area contributed by atoms with Crippen LogP contribution in [-0.4, -0.2) is 28.7 Å². The largest absolute Gasteiger partial charge is 0.497 e. The summed E-state index contributed by atoms with van der Waals surface area (Å²) in [7, 11) is 1.58. The standard InChI is InChI=1S/C13H14ClN3O3/c1-3-7-19-12-15-11(14)16-13(17-12)20-10-6-4-5-9(8-10)18-2/h4-6,8H,3,7H2,1-2H3. The van der Waals surface area contributed by atoms with E-state index in [2.05, 4.69) is 15.0 Å². The molecule has 1 heterocycles. The van der Waals surface area contributed by atoms with Crippen molar-refractivity contribution in [1.29, 1.82) is 0 Å². The van der Waals surface area contributed by atoms with Gasteiger partial charge in [0.1, 0.15) is 11.5 Å². The SMILES string of the molecule is CCCOc1nc(Cl)nc(Oc2cccc(OC)c2)n1. The normalized spacial score (nSPS) is 10.2. The van der Waals surface area contributed by atoms with Crippen molar-refractivity contribution in [2.45, 2.75) is 13.3 Å². The third-order valence-electron chi connectivity index (χ3n) is 2.25. The van der Waals surface area contributed by atoms with E-state index >= 15 is 0 Å². The maximum absolute atomic E-state index is 5.81. The van der Waals surface area contributed by atoms with Gasteiger partial charge in [0, 0.05) is 6.07 Å². The summed E-state index contributed by atoms with van der Waals surface area (Å²) in [5.41, 5.74) is 0. The molecule has 106 valence electrons. The maximum Gasteiger partial charge on any atom is 0.329 e. The molecule has 0 saturated heterocycles. The van der Waals surface area contributed by atoms with Crippen LogP contribution >= 0.6 is 11.6 Å². The van der Waals surface area contributed by atoms with E-state index in [1.165, 1.54) is 0 Å². The van der Waals surface area contributed by atoms with Gasteiger partial charge in [-0.25, -0.2) is 0 Å². The lowest BCUT2D eigenvalue weighted by Gasteiger charge is -2.07. The third kappa shape index (κ3) is 3.96. The molecule has 0 fully saturated rings. The van der Waals surface area contributed by atoms with E-state index in [-0.39, 0.29) is 17.3 Å². The lowest BCUT2D eigenvalue weighted by atomic mass is 10.3. The quantitative estimate of drug-likeness (QED) is 0.816. The van der Waals surface area contributed by atoms with Crippen molar-refractivity contribution in [3.05, 3.63) is 29.5 Å². The average molecular weight is 296 g/mol. The lowest BCUT2D eigenvalue weighted by molar-refractivity contribution is 0.284. The number of aromatic nitrogens is 3. The van der Waals surface area contributed by atoms with Crippen molar-refractivity contribution < 1.29 is 14.2 Å². The Labute approximate surface area is 121 Å². The minimum atomic E-state index is 0.0176. The van der Waals surface area contributed by atoms with Gasteiger partial charge in [0.25, 0.3) is 0 Å². The molecule has 0 radical (unpaired) electrons. The van der Waals surface area contributed by atoms with Gasteiger partial charge in [0.05, 0.1) is 13.7 Å². The summed E-state index contributed by atoms with van der Waals surface area (Å²) in [4.78, 5) is 11.8. The van der Waals surface area contributed by atoms with E-state index in [0.29, 0.717) is 18.1 Å². The van der Waals surface area contributed by atoms with Crippen LogP contribution in [0.5, 0.6) is 23.5 Å². The molecular weight excluding hydrogens is 282 g/mol.